The van der Waals surface area contributed by atoms with Crippen LogP contribution < -0.4 is 0 Å². The fourth-order valence-corrected chi connectivity index (χ4v) is 4.41. The molecule has 0 aromatic carbocycles. The lowest BCUT2D eigenvalue weighted by molar-refractivity contribution is 0.0388. The van der Waals surface area contributed by atoms with Gasteiger partial charge in [-0.15, -0.1) is 0 Å². The summed E-state index contributed by atoms with van der Waals surface area (Å²) >= 11 is 0. The Kier molecular flexibility index (Phi) is 3.56. The van der Waals surface area contributed by atoms with Crippen molar-refractivity contribution < 1.29 is 13.5 Å². The summed E-state index contributed by atoms with van der Waals surface area (Å²) in [5.41, 5.74) is 0. The Morgan fingerprint density at radius 1 is 1.12 bits per heavy atom. The zero-order valence-electron chi connectivity index (χ0n) is 9.80. The second-order valence-corrected chi connectivity index (χ2v) is 7.03. The van der Waals surface area contributed by atoms with Gasteiger partial charge in [-0.2, -0.15) is 4.31 Å². The highest BCUT2D eigenvalue weighted by Gasteiger charge is 2.40. The summed E-state index contributed by atoms with van der Waals surface area (Å²) in [5, 5.41) is 9.99. The topological polar surface area (TPSA) is 57.6 Å². The van der Waals surface area contributed by atoms with Crippen LogP contribution in [0.3, 0.4) is 0 Å². The predicted molar refractivity (Wildman–Crippen MR) is 62.5 cm³/mol. The summed E-state index contributed by atoms with van der Waals surface area (Å²) in [7, 11) is -3.10. The maximum atomic E-state index is 11.6. The average molecular weight is 247 g/mol. The van der Waals surface area contributed by atoms with Gasteiger partial charge in [-0.1, -0.05) is 12.8 Å². The van der Waals surface area contributed by atoms with Crippen LogP contribution in [-0.2, 0) is 10.0 Å². The summed E-state index contributed by atoms with van der Waals surface area (Å²) in [6.07, 6.45) is 6.81. The van der Waals surface area contributed by atoms with Crippen LogP contribution in [0.25, 0.3) is 0 Å². The maximum absolute atomic E-state index is 11.6. The molecular formula is C11H21NO3S. The molecule has 2 fully saturated rings. The fourth-order valence-electron chi connectivity index (χ4n) is 3.19. The predicted octanol–water partition coefficient (Wildman–Crippen LogP) is 0.962. The number of nitrogens with zero attached hydrogens (tertiary/aromatic N) is 1. The van der Waals surface area contributed by atoms with E-state index in [4.69, 9.17) is 0 Å². The molecule has 0 bridgehead atoms. The lowest BCUT2D eigenvalue weighted by atomic mass is 9.81. The smallest absolute Gasteiger partial charge is 0.211 e. The minimum absolute atomic E-state index is 0.0466. The van der Waals surface area contributed by atoms with E-state index in [1.54, 1.807) is 4.31 Å². The third-order valence-electron chi connectivity index (χ3n) is 3.95. The molecule has 3 atom stereocenters. The molecule has 2 aliphatic rings. The van der Waals surface area contributed by atoms with E-state index in [2.05, 4.69) is 0 Å². The van der Waals surface area contributed by atoms with E-state index in [0.29, 0.717) is 6.54 Å². The Morgan fingerprint density at radius 3 is 2.44 bits per heavy atom. The first-order chi connectivity index (χ1) is 7.50. The van der Waals surface area contributed by atoms with Crippen molar-refractivity contribution in [2.75, 3.05) is 12.8 Å². The number of sulfonamides is 1. The highest BCUT2D eigenvalue weighted by Crippen LogP contribution is 2.35. The average Bonchev–Trinajstić information content (AvgIpc) is 2.66. The Morgan fingerprint density at radius 2 is 1.81 bits per heavy atom. The Bertz CT molecular complexity index is 341. The monoisotopic (exact) mass is 247 g/mol. The van der Waals surface area contributed by atoms with Gasteiger partial charge >= 0.3 is 0 Å². The first-order valence-electron chi connectivity index (χ1n) is 6.15. The summed E-state index contributed by atoms with van der Waals surface area (Å²) in [6, 6.07) is 0.0466. The molecule has 16 heavy (non-hydrogen) atoms. The summed E-state index contributed by atoms with van der Waals surface area (Å²) < 4.78 is 24.9. The van der Waals surface area contributed by atoms with E-state index >= 15 is 0 Å². The zero-order chi connectivity index (χ0) is 11.8. The van der Waals surface area contributed by atoms with Gasteiger partial charge in [-0.05, 0) is 25.7 Å². The molecule has 2 rings (SSSR count). The van der Waals surface area contributed by atoms with Gasteiger partial charge in [0.1, 0.15) is 0 Å². The molecule has 1 saturated carbocycles. The van der Waals surface area contributed by atoms with Crippen molar-refractivity contribution in [2.24, 2.45) is 5.92 Å². The van der Waals surface area contributed by atoms with Crippen LogP contribution in [0.2, 0.25) is 0 Å². The van der Waals surface area contributed by atoms with Gasteiger partial charge < -0.3 is 5.11 Å². The highest BCUT2D eigenvalue weighted by molar-refractivity contribution is 7.88. The van der Waals surface area contributed by atoms with Crippen LogP contribution in [0.4, 0.5) is 0 Å². The van der Waals surface area contributed by atoms with Crippen LogP contribution in [-0.4, -0.2) is 42.8 Å². The first kappa shape index (κ1) is 12.3. The molecule has 3 unspecified atom stereocenters. The van der Waals surface area contributed by atoms with Gasteiger partial charge in [0.25, 0.3) is 0 Å². The molecule has 0 spiro atoms. The molecule has 1 aliphatic carbocycles. The summed E-state index contributed by atoms with van der Waals surface area (Å²) in [4.78, 5) is 0. The van der Waals surface area contributed by atoms with Gasteiger partial charge in [0.2, 0.25) is 10.0 Å². The number of hydrogen-bond acceptors (Lipinski definition) is 3. The van der Waals surface area contributed by atoms with E-state index in [1.807, 2.05) is 0 Å². The largest absolute Gasteiger partial charge is 0.393 e. The molecule has 0 aromatic rings. The summed E-state index contributed by atoms with van der Waals surface area (Å²) in [6.45, 7) is 0.632. The van der Waals surface area contributed by atoms with Crippen LogP contribution >= 0.6 is 0 Å². The second kappa shape index (κ2) is 4.63. The normalized spacial score (nSPS) is 37.8. The molecule has 0 aromatic heterocycles. The van der Waals surface area contributed by atoms with E-state index in [9.17, 15) is 13.5 Å². The molecular weight excluding hydrogens is 226 g/mol. The van der Waals surface area contributed by atoms with Gasteiger partial charge in [0.05, 0.1) is 12.4 Å². The van der Waals surface area contributed by atoms with Crippen molar-refractivity contribution in [3.05, 3.63) is 0 Å². The lowest BCUT2D eigenvalue weighted by Gasteiger charge is -2.36. The number of rotatable bonds is 2. The number of aliphatic hydroxyl groups excluding tert-OH is 1. The van der Waals surface area contributed by atoms with E-state index < -0.39 is 10.0 Å². The highest BCUT2D eigenvalue weighted by atomic mass is 32.2. The first-order valence-corrected chi connectivity index (χ1v) is 8.00. The standard InChI is InChI=1S/C11H21NO3S/c1-16(14,15)12-8-4-6-10(12)9-5-2-3-7-11(9)13/h9-11,13H,2-8H2,1H3. The molecule has 1 aliphatic heterocycles. The van der Waals surface area contributed by atoms with Crippen molar-refractivity contribution in [3.8, 4) is 0 Å². The fraction of sp³-hybridized carbons (Fsp3) is 1.00. The van der Waals surface area contributed by atoms with E-state index in [0.717, 1.165) is 38.5 Å². The summed E-state index contributed by atoms with van der Waals surface area (Å²) in [5.74, 6) is 0.158. The quantitative estimate of drug-likeness (QED) is 0.791. The van der Waals surface area contributed by atoms with Gasteiger partial charge in [-0.3, -0.25) is 0 Å². The third-order valence-corrected chi connectivity index (χ3v) is 5.26. The Hall–Kier alpha value is -0.130. The molecule has 0 radical (unpaired) electrons. The van der Waals surface area contributed by atoms with Gasteiger partial charge in [-0.25, -0.2) is 8.42 Å². The Balaban J connectivity index is 2.13. The zero-order valence-corrected chi connectivity index (χ0v) is 10.6. The van der Waals surface area contributed by atoms with E-state index in [-0.39, 0.29) is 18.1 Å². The van der Waals surface area contributed by atoms with Crippen molar-refractivity contribution in [1.82, 2.24) is 4.31 Å². The van der Waals surface area contributed by atoms with Crippen LogP contribution in [0.5, 0.6) is 0 Å². The van der Waals surface area contributed by atoms with Crippen LogP contribution in [0, 0.1) is 5.92 Å². The SMILES string of the molecule is CS(=O)(=O)N1CCCC1C1CCCCC1O. The Labute approximate surface area is 97.7 Å². The minimum Gasteiger partial charge on any atom is -0.393 e. The van der Waals surface area contributed by atoms with Gasteiger partial charge in [0, 0.05) is 18.5 Å². The molecule has 1 heterocycles. The van der Waals surface area contributed by atoms with Crippen molar-refractivity contribution in [1.29, 1.82) is 0 Å². The van der Waals surface area contributed by atoms with Crippen molar-refractivity contribution >= 4 is 10.0 Å². The number of hydrogen-bond donors (Lipinski definition) is 1. The molecule has 0 amide bonds. The van der Waals surface area contributed by atoms with Crippen molar-refractivity contribution in [3.63, 3.8) is 0 Å². The third kappa shape index (κ3) is 2.41. The van der Waals surface area contributed by atoms with E-state index in [1.165, 1.54) is 6.26 Å². The van der Waals surface area contributed by atoms with Gasteiger partial charge in [0.15, 0.2) is 0 Å². The van der Waals surface area contributed by atoms with Crippen LogP contribution in [0.15, 0.2) is 0 Å². The number of aliphatic hydroxyl groups is 1. The second-order valence-electron chi connectivity index (χ2n) is 5.10. The molecule has 4 nitrogen and oxygen atoms in total. The molecule has 1 saturated heterocycles. The van der Waals surface area contributed by atoms with Crippen LogP contribution in [0.1, 0.15) is 38.5 Å². The minimum atomic E-state index is -3.10. The lowest BCUT2D eigenvalue weighted by Crippen LogP contribution is -2.44. The van der Waals surface area contributed by atoms with Crippen molar-refractivity contribution in [2.45, 2.75) is 50.7 Å². The molecule has 1 N–H and O–H groups in total. The molecule has 5 heteroatoms. The maximum Gasteiger partial charge on any atom is 0.211 e. The molecule has 94 valence electrons.